The summed E-state index contributed by atoms with van der Waals surface area (Å²) in [5, 5.41) is 10.3. The van der Waals surface area contributed by atoms with E-state index in [-0.39, 0.29) is 11.7 Å². The van der Waals surface area contributed by atoms with Gasteiger partial charge >= 0.3 is 0 Å². The summed E-state index contributed by atoms with van der Waals surface area (Å²) in [6, 6.07) is 5.73. The highest BCUT2D eigenvalue weighted by atomic mass is 79.9. The Bertz CT molecular complexity index is 466. The van der Waals surface area contributed by atoms with Gasteiger partial charge in [-0.15, -0.1) is 11.3 Å². The summed E-state index contributed by atoms with van der Waals surface area (Å²) in [7, 11) is 0. The number of fused-ring (bicyclic) bond motifs is 1. The van der Waals surface area contributed by atoms with Gasteiger partial charge in [-0.3, -0.25) is 0 Å². The third kappa shape index (κ3) is 1.58. The smallest absolute Gasteiger partial charge is 0.183 e. The molecule has 1 nitrogen and oxygen atoms in total. The highest BCUT2D eigenvalue weighted by molar-refractivity contribution is 9.08. The summed E-state index contributed by atoms with van der Waals surface area (Å²) < 4.78 is 14.2. The molecule has 1 N–H and O–H groups in total. The molecular formula is C10H8BrFOS. The zero-order valence-electron chi connectivity index (χ0n) is 7.26. The number of aliphatic hydroxyl groups excluding tert-OH is 1. The van der Waals surface area contributed by atoms with Gasteiger partial charge in [0.15, 0.2) is 5.13 Å². The van der Waals surface area contributed by atoms with Crippen LogP contribution in [-0.2, 0) is 11.9 Å². The van der Waals surface area contributed by atoms with Gasteiger partial charge in [0.2, 0.25) is 0 Å². The topological polar surface area (TPSA) is 20.2 Å². The van der Waals surface area contributed by atoms with Crippen molar-refractivity contribution in [3.05, 3.63) is 34.5 Å². The van der Waals surface area contributed by atoms with Crippen LogP contribution in [0.4, 0.5) is 4.39 Å². The predicted molar refractivity (Wildman–Crippen MR) is 60.3 cm³/mol. The van der Waals surface area contributed by atoms with E-state index in [2.05, 4.69) is 15.9 Å². The van der Waals surface area contributed by atoms with E-state index in [0.717, 1.165) is 32.3 Å². The molecule has 0 saturated heterocycles. The molecule has 0 saturated carbocycles. The van der Waals surface area contributed by atoms with Crippen molar-refractivity contribution in [3.8, 4) is 0 Å². The number of hydrogen-bond acceptors (Lipinski definition) is 2. The Balaban J connectivity index is 2.68. The fraction of sp³-hybridized carbons (Fsp3) is 0.200. The molecule has 0 radical (unpaired) electrons. The lowest BCUT2D eigenvalue weighted by Crippen LogP contribution is -1.83. The third-order valence-electron chi connectivity index (χ3n) is 2.12. The molecule has 0 amide bonds. The van der Waals surface area contributed by atoms with E-state index >= 15 is 0 Å². The Morgan fingerprint density at radius 3 is 2.86 bits per heavy atom. The predicted octanol–water partition coefficient (Wildman–Crippen LogP) is 3.43. The molecule has 0 atom stereocenters. The van der Waals surface area contributed by atoms with E-state index in [1.165, 1.54) is 0 Å². The SMILES string of the molecule is OCc1c(F)sc2cc(CBr)ccc12. The van der Waals surface area contributed by atoms with Gasteiger partial charge in [-0.25, -0.2) is 0 Å². The number of rotatable bonds is 2. The first kappa shape index (κ1) is 10.1. The van der Waals surface area contributed by atoms with Crippen LogP contribution < -0.4 is 0 Å². The van der Waals surface area contributed by atoms with Crippen molar-refractivity contribution >= 4 is 37.4 Å². The van der Waals surface area contributed by atoms with Crippen LogP contribution in [0.15, 0.2) is 18.2 Å². The first-order valence-electron chi connectivity index (χ1n) is 4.13. The van der Waals surface area contributed by atoms with Crippen LogP contribution >= 0.6 is 27.3 Å². The van der Waals surface area contributed by atoms with Gasteiger partial charge in [-0.05, 0) is 11.6 Å². The number of benzene rings is 1. The maximum absolute atomic E-state index is 13.3. The molecule has 0 aliphatic carbocycles. The Hall–Kier alpha value is -0.450. The van der Waals surface area contributed by atoms with Gasteiger partial charge in [-0.1, -0.05) is 28.1 Å². The molecule has 1 heterocycles. The third-order valence-corrected chi connectivity index (χ3v) is 3.75. The van der Waals surface area contributed by atoms with Gasteiger partial charge in [0.1, 0.15) is 0 Å². The van der Waals surface area contributed by atoms with Crippen molar-refractivity contribution in [3.63, 3.8) is 0 Å². The zero-order chi connectivity index (χ0) is 10.1. The highest BCUT2D eigenvalue weighted by Crippen LogP contribution is 2.31. The summed E-state index contributed by atoms with van der Waals surface area (Å²) in [5.41, 5.74) is 1.52. The van der Waals surface area contributed by atoms with Crippen LogP contribution in [0.25, 0.3) is 10.1 Å². The van der Waals surface area contributed by atoms with Gasteiger partial charge < -0.3 is 5.11 Å². The van der Waals surface area contributed by atoms with Crippen LogP contribution in [0.3, 0.4) is 0 Å². The second kappa shape index (κ2) is 3.96. The van der Waals surface area contributed by atoms with Crippen LogP contribution in [0.2, 0.25) is 0 Å². The summed E-state index contributed by atoms with van der Waals surface area (Å²) in [6.45, 7) is -0.237. The number of halogens is 2. The quantitative estimate of drug-likeness (QED) is 0.832. The zero-order valence-corrected chi connectivity index (χ0v) is 9.66. The lowest BCUT2D eigenvalue weighted by Gasteiger charge is -1.96. The molecule has 0 aliphatic heterocycles. The molecule has 2 rings (SSSR count). The first-order valence-corrected chi connectivity index (χ1v) is 6.06. The van der Waals surface area contributed by atoms with Crippen molar-refractivity contribution in [2.75, 3.05) is 0 Å². The van der Waals surface area contributed by atoms with E-state index in [1.54, 1.807) is 0 Å². The second-order valence-electron chi connectivity index (χ2n) is 2.98. The Labute approximate surface area is 93.3 Å². The molecule has 4 heteroatoms. The molecule has 0 aliphatic rings. The molecule has 0 bridgehead atoms. The molecule has 14 heavy (non-hydrogen) atoms. The molecule has 1 aromatic carbocycles. The minimum Gasteiger partial charge on any atom is -0.392 e. The Morgan fingerprint density at radius 2 is 2.21 bits per heavy atom. The monoisotopic (exact) mass is 274 g/mol. The molecule has 0 unspecified atom stereocenters. The second-order valence-corrected chi connectivity index (χ2v) is 4.54. The maximum Gasteiger partial charge on any atom is 0.183 e. The highest BCUT2D eigenvalue weighted by Gasteiger charge is 2.10. The summed E-state index contributed by atoms with van der Waals surface area (Å²) in [6.07, 6.45) is 0. The van der Waals surface area contributed by atoms with Gasteiger partial charge in [-0.2, -0.15) is 4.39 Å². The standard InChI is InChI=1S/C10H8BrFOS/c11-4-6-1-2-7-8(5-13)10(12)14-9(7)3-6/h1-3,13H,4-5H2. The average molecular weight is 275 g/mol. The van der Waals surface area contributed by atoms with Gasteiger partial charge in [0.25, 0.3) is 0 Å². The summed E-state index contributed by atoms with van der Waals surface area (Å²) in [4.78, 5) is 0. The fourth-order valence-corrected chi connectivity index (χ4v) is 2.75. The molecule has 2 aromatic rings. The first-order chi connectivity index (χ1) is 6.76. The Morgan fingerprint density at radius 1 is 1.43 bits per heavy atom. The number of aliphatic hydroxyl groups is 1. The lowest BCUT2D eigenvalue weighted by molar-refractivity contribution is 0.279. The van der Waals surface area contributed by atoms with E-state index in [4.69, 9.17) is 5.11 Å². The minimum absolute atomic E-state index is 0.237. The van der Waals surface area contributed by atoms with E-state index in [9.17, 15) is 4.39 Å². The van der Waals surface area contributed by atoms with Crippen LogP contribution in [0, 0.1) is 5.13 Å². The molecular weight excluding hydrogens is 267 g/mol. The minimum atomic E-state index is -0.283. The molecule has 0 fully saturated rings. The summed E-state index contributed by atoms with van der Waals surface area (Å²) >= 11 is 4.43. The molecule has 0 spiro atoms. The van der Waals surface area contributed by atoms with Crippen molar-refractivity contribution in [1.29, 1.82) is 0 Å². The van der Waals surface area contributed by atoms with E-state index in [1.807, 2.05) is 18.2 Å². The van der Waals surface area contributed by atoms with Crippen LogP contribution in [-0.4, -0.2) is 5.11 Å². The largest absolute Gasteiger partial charge is 0.392 e. The Kier molecular flexibility index (Phi) is 2.85. The average Bonchev–Trinajstić information content (AvgIpc) is 2.51. The van der Waals surface area contributed by atoms with Crippen LogP contribution in [0.5, 0.6) is 0 Å². The van der Waals surface area contributed by atoms with Crippen LogP contribution in [0.1, 0.15) is 11.1 Å². The fourth-order valence-electron chi connectivity index (χ4n) is 1.39. The summed E-state index contributed by atoms with van der Waals surface area (Å²) in [5.74, 6) is 0. The maximum atomic E-state index is 13.3. The molecule has 74 valence electrons. The normalized spacial score (nSPS) is 11.1. The van der Waals surface area contributed by atoms with Crippen molar-refractivity contribution in [1.82, 2.24) is 0 Å². The number of thiophene rings is 1. The van der Waals surface area contributed by atoms with Crippen molar-refractivity contribution in [2.24, 2.45) is 0 Å². The lowest BCUT2D eigenvalue weighted by atomic mass is 10.1. The van der Waals surface area contributed by atoms with E-state index in [0.29, 0.717) is 5.56 Å². The van der Waals surface area contributed by atoms with Crippen molar-refractivity contribution < 1.29 is 9.50 Å². The van der Waals surface area contributed by atoms with E-state index < -0.39 is 0 Å². The van der Waals surface area contributed by atoms with Crippen molar-refractivity contribution in [2.45, 2.75) is 11.9 Å². The number of alkyl halides is 1. The van der Waals surface area contributed by atoms with Gasteiger partial charge in [0.05, 0.1) is 6.61 Å². The molecule has 1 aromatic heterocycles. The number of hydrogen-bond donors (Lipinski definition) is 1. The van der Waals surface area contributed by atoms with Gasteiger partial charge in [0, 0.05) is 21.0 Å².